The molecule has 1 heterocycles. The van der Waals surface area contributed by atoms with Crippen molar-refractivity contribution in [1.82, 2.24) is 0 Å². The molecule has 152 valence electrons. The highest BCUT2D eigenvalue weighted by molar-refractivity contribution is 7.89. The molecule has 8 nitrogen and oxygen atoms in total. The van der Waals surface area contributed by atoms with Crippen LogP contribution in [0.1, 0.15) is 61.2 Å². The maximum absolute atomic E-state index is 12.3. The summed E-state index contributed by atoms with van der Waals surface area (Å²) in [5.41, 5.74) is 2.67. The number of nitrogens with one attached hydrogen (secondary N) is 1. The molecule has 3 N–H and O–H groups in total. The first kappa shape index (κ1) is 21.6. The van der Waals surface area contributed by atoms with Crippen molar-refractivity contribution in [1.29, 1.82) is 0 Å². The Labute approximate surface area is 164 Å². The molecule has 1 aromatic carbocycles. The van der Waals surface area contributed by atoms with Gasteiger partial charge >= 0.3 is 5.97 Å². The number of benzene rings is 1. The van der Waals surface area contributed by atoms with Crippen LogP contribution in [0.4, 0.5) is 5.69 Å². The van der Waals surface area contributed by atoms with Gasteiger partial charge in [-0.15, -0.1) is 0 Å². The van der Waals surface area contributed by atoms with Crippen molar-refractivity contribution in [2.45, 2.75) is 44.6 Å². The quantitative estimate of drug-likeness (QED) is 0.678. The van der Waals surface area contributed by atoms with Crippen LogP contribution in [0, 0.1) is 0 Å². The largest absolute Gasteiger partial charge is 0.450 e. The Morgan fingerprint density at radius 1 is 1.07 bits per heavy atom. The van der Waals surface area contributed by atoms with Crippen LogP contribution in [0.3, 0.4) is 0 Å². The normalized spacial score (nSPS) is 11.7. The van der Waals surface area contributed by atoms with E-state index in [1.165, 1.54) is 0 Å². The third kappa shape index (κ3) is 5.20. The third-order valence-corrected chi connectivity index (χ3v) is 4.81. The second kappa shape index (κ2) is 8.57. The molecule has 0 aliphatic carbocycles. The topological polar surface area (TPSA) is 129 Å². The number of sulfonamides is 1. The SMILES string of the molecule is CC(C)c1cccc(C(C)C)c1NC(=O)COC(=O)c1ccc(S(N)(=O)=O)o1. The summed E-state index contributed by atoms with van der Waals surface area (Å²) in [6.45, 7) is 7.54. The minimum atomic E-state index is -4.07. The van der Waals surface area contributed by atoms with Crippen molar-refractivity contribution < 1.29 is 27.2 Å². The highest BCUT2D eigenvalue weighted by Crippen LogP contribution is 2.32. The molecule has 0 fully saturated rings. The van der Waals surface area contributed by atoms with E-state index in [9.17, 15) is 18.0 Å². The second-order valence-electron chi connectivity index (χ2n) is 6.91. The van der Waals surface area contributed by atoms with Crippen LogP contribution in [-0.4, -0.2) is 26.9 Å². The lowest BCUT2D eigenvalue weighted by molar-refractivity contribution is -0.119. The molecule has 1 aromatic heterocycles. The Bertz CT molecular complexity index is 950. The number of rotatable bonds is 7. The molecule has 0 aliphatic heterocycles. The van der Waals surface area contributed by atoms with E-state index in [1.807, 2.05) is 45.9 Å². The van der Waals surface area contributed by atoms with Crippen LogP contribution >= 0.6 is 0 Å². The summed E-state index contributed by atoms with van der Waals surface area (Å²) in [5, 5.41) is 7.17. The predicted octanol–water partition coefficient (Wildman–Crippen LogP) is 2.97. The summed E-state index contributed by atoms with van der Waals surface area (Å²) < 4.78 is 32.1. The highest BCUT2D eigenvalue weighted by atomic mass is 32.2. The number of furan rings is 1. The number of hydrogen-bond acceptors (Lipinski definition) is 6. The number of esters is 1. The Kier molecular flexibility index (Phi) is 6.63. The fraction of sp³-hybridized carbons (Fsp3) is 0.368. The molecular weight excluding hydrogens is 384 g/mol. The molecule has 1 amide bonds. The number of ether oxygens (including phenoxy) is 1. The van der Waals surface area contributed by atoms with Crippen LogP contribution in [0.25, 0.3) is 0 Å². The lowest BCUT2D eigenvalue weighted by Crippen LogP contribution is -2.22. The fourth-order valence-electron chi connectivity index (χ4n) is 2.66. The van der Waals surface area contributed by atoms with Crippen LogP contribution < -0.4 is 10.5 Å². The Hall–Kier alpha value is -2.65. The smallest absolute Gasteiger partial charge is 0.374 e. The average molecular weight is 408 g/mol. The van der Waals surface area contributed by atoms with Gasteiger partial charge in [0.15, 0.2) is 6.61 Å². The van der Waals surface area contributed by atoms with Gasteiger partial charge in [0, 0.05) is 5.69 Å². The molecule has 0 unspecified atom stereocenters. The van der Waals surface area contributed by atoms with Crippen LogP contribution in [0.2, 0.25) is 0 Å². The minimum Gasteiger partial charge on any atom is -0.450 e. The standard InChI is InChI=1S/C19H24N2O6S/c1-11(2)13-6-5-7-14(12(3)4)18(13)21-16(22)10-26-19(23)15-8-9-17(27-15)28(20,24)25/h5-9,11-12H,10H2,1-4H3,(H,21,22)(H2,20,24,25). The fourth-order valence-corrected chi connectivity index (χ4v) is 3.12. The molecule has 2 aromatic rings. The van der Waals surface area contributed by atoms with E-state index in [1.54, 1.807) is 0 Å². The lowest BCUT2D eigenvalue weighted by Gasteiger charge is -2.20. The Morgan fingerprint density at radius 2 is 1.64 bits per heavy atom. The van der Waals surface area contributed by atoms with Gasteiger partial charge in [0.1, 0.15) is 0 Å². The summed E-state index contributed by atoms with van der Waals surface area (Å²) in [6, 6.07) is 7.98. The van der Waals surface area contributed by atoms with Gasteiger partial charge in [0.25, 0.3) is 15.9 Å². The zero-order valence-corrected chi connectivity index (χ0v) is 17.0. The summed E-state index contributed by atoms with van der Waals surface area (Å²) in [5.74, 6) is -1.46. The first-order chi connectivity index (χ1) is 13.0. The molecule has 28 heavy (non-hydrogen) atoms. The minimum absolute atomic E-state index is 0.191. The van der Waals surface area contributed by atoms with E-state index in [-0.39, 0.29) is 17.6 Å². The van der Waals surface area contributed by atoms with Crippen molar-refractivity contribution in [2.24, 2.45) is 5.14 Å². The van der Waals surface area contributed by atoms with Gasteiger partial charge in [-0.05, 0) is 35.1 Å². The van der Waals surface area contributed by atoms with Gasteiger partial charge in [-0.1, -0.05) is 45.9 Å². The van der Waals surface area contributed by atoms with E-state index in [0.29, 0.717) is 5.69 Å². The predicted molar refractivity (Wildman–Crippen MR) is 104 cm³/mol. The van der Waals surface area contributed by atoms with Crippen molar-refractivity contribution in [3.8, 4) is 0 Å². The summed E-state index contributed by atoms with van der Waals surface area (Å²) in [4.78, 5) is 24.3. The molecule has 2 rings (SSSR count). The molecular formula is C19H24N2O6S. The van der Waals surface area contributed by atoms with Crippen LogP contribution in [0.5, 0.6) is 0 Å². The number of carbonyl (C=O) groups excluding carboxylic acids is 2. The van der Waals surface area contributed by atoms with Crippen molar-refractivity contribution >= 4 is 27.6 Å². The van der Waals surface area contributed by atoms with Gasteiger partial charge < -0.3 is 14.5 Å². The van der Waals surface area contributed by atoms with Crippen molar-refractivity contribution in [2.75, 3.05) is 11.9 Å². The molecule has 9 heteroatoms. The van der Waals surface area contributed by atoms with Crippen LogP contribution in [-0.2, 0) is 19.6 Å². The maximum Gasteiger partial charge on any atom is 0.374 e. The number of primary sulfonamides is 1. The second-order valence-corrected chi connectivity index (χ2v) is 8.40. The molecule has 0 spiro atoms. The monoisotopic (exact) mass is 408 g/mol. The lowest BCUT2D eigenvalue weighted by atomic mass is 9.92. The van der Waals surface area contributed by atoms with E-state index in [4.69, 9.17) is 14.3 Å². The van der Waals surface area contributed by atoms with E-state index >= 15 is 0 Å². The van der Waals surface area contributed by atoms with Gasteiger partial charge in [-0.25, -0.2) is 18.4 Å². The molecule has 0 radical (unpaired) electrons. The number of nitrogens with two attached hydrogens (primary N) is 1. The van der Waals surface area contributed by atoms with Crippen molar-refractivity contribution in [3.05, 3.63) is 47.2 Å². The van der Waals surface area contributed by atoms with E-state index < -0.39 is 33.6 Å². The third-order valence-electron chi connectivity index (χ3n) is 4.03. The van der Waals surface area contributed by atoms with Gasteiger partial charge in [-0.3, -0.25) is 4.79 Å². The summed E-state index contributed by atoms with van der Waals surface area (Å²) >= 11 is 0. The zero-order valence-electron chi connectivity index (χ0n) is 16.2. The van der Waals surface area contributed by atoms with Crippen molar-refractivity contribution in [3.63, 3.8) is 0 Å². The maximum atomic E-state index is 12.3. The number of anilines is 1. The molecule has 0 bridgehead atoms. The van der Waals surface area contributed by atoms with Gasteiger partial charge in [0.05, 0.1) is 0 Å². The van der Waals surface area contributed by atoms with E-state index in [0.717, 1.165) is 23.3 Å². The summed E-state index contributed by atoms with van der Waals surface area (Å²) in [6.07, 6.45) is 0. The molecule has 0 aliphatic rings. The number of hydrogen-bond donors (Lipinski definition) is 2. The number of carbonyl (C=O) groups is 2. The summed E-state index contributed by atoms with van der Waals surface area (Å²) in [7, 11) is -4.07. The van der Waals surface area contributed by atoms with Gasteiger partial charge in [0.2, 0.25) is 10.9 Å². The molecule has 0 atom stereocenters. The van der Waals surface area contributed by atoms with Gasteiger partial charge in [-0.2, -0.15) is 0 Å². The number of para-hydroxylation sites is 1. The van der Waals surface area contributed by atoms with E-state index in [2.05, 4.69) is 5.32 Å². The Morgan fingerprint density at radius 3 is 2.11 bits per heavy atom. The zero-order chi connectivity index (χ0) is 21.1. The highest BCUT2D eigenvalue weighted by Gasteiger charge is 2.20. The van der Waals surface area contributed by atoms with Crippen LogP contribution in [0.15, 0.2) is 39.8 Å². The first-order valence-electron chi connectivity index (χ1n) is 8.73. The average Bonchev–Trinajstić information content (AvgIpc) is 3.10. The molecule has 0 saturated heterocycles. The molecule has 0 saturated carbocycles. The Balaban J connectivity index is 2.09. The number of amides is 1. The first-order valence-corrected chi connectivity index (χ1v) is 10.3.